The van der Waals surface area contributed by atoms with E-state index in [1.165, 1.54) is 13.1 Å². The molecular weight excluding hydrogens is 212 g/mol. The molecule has 7 nitrogen and oxygen atoms in total. The van der Waals surface area contributed by atoms with Gasteiger partial charge in [-0.25, -0.2) is 0 Å². The number of halogens is 1. The fraction of sp³-hybridized carbons (Fsp3) is 0.333. The van der Waals surface area contributed by atoms with Crippen LogP contribution in [0.15, 0.2) is 6.20 Å². The van der Waals surface area contributed by atoms with Crippen molar-refractivity contribution in [2.75, 3.05) is 0 Å². The molecule has 0 bridgehead atoms. The zero-order valence-electron chi connectivity index (χ0n) is 7.18. The standard InChI is InChI=1S/C6H7ClN4O3/c1-3(5(8)12)10-2-4(7)6(9-10)11(13)14/h2-3H,1H3,(H2,8,12). The van der Waals surface area contributed by atoms with Crippen molar-refractivity contribution in [2.24, 2.45) is 5.73 Å². The Morgan fingerprint density at radius 2 is 2.43 bits per heavy atom. The number of carbonyl (C=O) groups excluding carboxylic acids is 1. The molecule has 0 saturated carbocycles. The van der Waals surface area contributed by atoms with Crippen LogP contribution in [0.2, 0.25) is 5.02 Å². The molecular formula is C6H7ClN4O3. The van der Waals surface area contributed by atoms with Crippen molar-refractivity contribution in [3.05, 3.63) is 21.3 Å². The highest BCUT2D eigenvalue weighted by Crippen LogP contribution is 2.23. The largest absolute Gasteiger partial charge is 0.408 e. The molecule has 1 rings (SSSR count). The molecule has 1 heterocycles. The number of rotatable bonds is 3. The molecule has 0 fully saturated rings. The van der Waals surface area contributed by atoms with Gasteiger partial charge in [0.2, 0.25) is 5.91 Å². The maximum Gasteiger partial charge on any atom is 0.408 e. The van der Waals surface area contributed by atoms with Gasteiger partial charge in [-0.3, -0.25) is 4.79 Å². The molecule has 1 aromatic heterocycles. The van der Waals surface area contributed by atoms with E-state index in [0.717, 1.165) is 4.68 Å². The van der Waals surface area contributed by atoms with Crippen molar-refractivity contribution < 1.29 is 9.72 Å². The maximum atomic E-state index is 10.7. The molecule has 0 radical (unpaired) electrons. The molecule has 76 valence electrons. The first-order valence-electron chi connectivity index (χ1n) is 3.62. The van der Waals surface area contributed by atoms with Gasteiger partial charge in [0.25, 0.3) is 0 Å². The summed E-state index contributed by atoms with van der Waals surface area (Å²) in [5.41, 5.74) is 4.99. The van der Waals surface area contributed by atoms with E-state index in [1.54, 1.807) is 0 Å². The first-order valence-corrected chi connectivity index (χ1v) is 3.99. The Hall–Kier alpha value is -1.63. The summed E-state index contributed by atoms with van der Waals surface area (Å²) >= 11 is 5.51. The second-order valence-corrected chi connectivity index (χ2v) is 3.02. The maximum absolute atomic E-state index is 10.7. The zero-order valence-corrected chi connectivity index (χ0v) is 7.93. The van der Waals surface area contributed by atoms with Crippen LogP contribution in [0, 0.1) is 10.1 Å². The summed E-state index contributed by atoms with van der Waals surface area (Å²) in [5, 5.41) is 13.7. The quantitative estimate of drug-likeness (QED) is 0.589. The summed E-state index contributed by atoms with van der Waals surface area (Å²) in [6.45, 7) is 1.47. The van der Waals surface area contributed by atoms with Crippen LogP contribution in [-0.4, -0.2) is 20.6 Å². The Kier molecular flexibility index (Phi) is 2.70. The van der Waals surface area contributed by atoms with Crippen molar-refractivity contribution in [3.8, 4) is 0 Å². The topological polar surface area (TPSA) is 104 Å². The molecule has 1 unspecified atom stereocenters. The summed E-state index contributed by atoms with van der Waals surface area (Å²) in [6, 6.07) is -0.763. The van der Waals surface area contributed by atoms with E-state index in [9.17, 15) is 14.9 Å². The van der Waals surface area contributed by atoms with Crippen LogP contribution < -0.4 is 5.73 Å². The van der Waals surface area contributed by atoms with Gasteiger partial charge >= 0.3 is 5.82 Å². The smallest absolute Gasteiger partial charge is 0.368 e. The lowest BCUT2D eigenvalue weighted by atomic mass is 10.3. The average Bonchev–Trinajstić information content (AvgIpc) is 2.45. The van der Waals surface area contributed by atoms with Gasteiger partial charge < -0.3 is 15.8 Å². The van der Waals surface area contributed by atoms with E-state index >= 15 is 0 Å². The summed E-state index contributed by atoms with van der Waals surface area (Å²) in [6.07, 6.45) is 1.19. The third kappa shape index (κ3) is 1.82. The summed E-state index contributed by atoms with van der Waals surface area (Å²) in [5.74, 6) is -1.13. The molecule has 1 atom stereocenters. The van der Waals surface area contributed by atoms with Gasteiger partial charge in [0, 0.05) is 0 Å². The SMILES string of the molecule is CC(C(N)=O)n1cc(Cl)c([N+](=O)[O-])n1. The second-order valence-electron chi connectivity index (χ2n) is 2.62. The van der Waals surface area contributed by atoms with Gasteiger partial charge in [-0.2, -0.15) is 4.68 Å². The number of hydrogen-bond acceptors (Lipinski definition) is 4. The summed E-state index contributed by atoms with van der Waals surface area (Å²) in [4.78, 5) is 20.4. The summed E-state index contributed by atoms with van der Waals surface area (Å²) < 4.78 is 1.06. The predicted molar refractivity (Wildman–Crippen MR) is 47.8 cm³/mol. The van der Waals surface area contributed by atoms with Crippen molar-refractivity contribution in [1.82, 2.24) is 9.78 Å². The normalized spacial score (nSPS) is 12.4. The van der Waals surface area contributed by atoms with Crippen LogP contribution in [0.5, 0.6) is 0 Å². The molecule has 1 aromatic rings. The first kappa shape index (κ1) is 10.5. The molecule has 0 aliphatic carbocycles. The van der Waals surface area contributed by atoms with E-state index in [1.807, 2.05) is 0 Å². The molecule has 0 aromatic carbocycles. The minimum atomic E-state index is -0.763. The average molecular weight is 219 g/mol. The van der Waals surface area contributed by atoms with E-state index in [0.29, 0.717) is 0 Å². The minimum Gasteiger partial charge on any atom is -0.368 e. The molecule has 8 heteroatoms. The van der Waals surface area contributed by atoms with Crippen LogP contribution in [-0.2, 0) is 4.79 Å². The number of hydrogen-bond donors (Lipinski definition) is 1. The Morgan fingerprint density at radius 3 is 2.79 bits per heavy atom. The van der Waals surface area contributed by atoms with Gasteiger partial charge in [-0.15, -0.1) is 0 Å². The molecule has 0 spiro atoms. The molecule has 0 saturated heterocycles. The highest BCUT2D eigenvalue weighted by atomic mass is 35.5. The molecule has 0 aliphatic rings. The van der Waals surface area contributed by atoms with Crippen LogP contribution in [0.3, 0.4) is 0 Å². The van der Waals surface area contributed by atoms with E-state index in [-0.39, 0.29) is 5.02 Å². The lowest BCUT2D eigenvalue weighted by Gasteiger charge is -2.01. The third-order valence-electron chi connectivity index (χ3n) is 1.65. The van der Waals surface area contributed by atoms with E-state index in [4.69, 9.17) is 17.3 Å². The number of nitrogens with zero attached hydrogens (tertiary/aromatic N) is 3. The van der Waals surface area contributed by atoms with Gasteiger partial charge in [0.05, 0.1) is 11.3 Å². The highest BCUT2D eigenvalue weighted by Gasteiger charge is 2.23. The van der Waals surface area contributed by atoms with Gasteiger partial charge in [0.1, 0.15) is 6.04 Å². The Labute approximate surface area is 83.6 Å². The number of aromatic nitrogens is 2. The van der Waals surface area contributed by atoms with Crippen LogP contribution in [0.4, 0.5) is 5.82 Å². The first-order chi connectivity index (χ1) is 6.43. The van der Waals surface area contributed by atoms with Gasteiger partial charge in [-0.1, -0.05) is 11.6 Å². The second kappa shape index (κ2) is 3.62. The van der Waals surface area contributed by atoms with Crippen molar-refractivity contribution in [2.45, 2.75) is 13.0 Å². The Morgan fingerprint density at radius 1 is 1.86 bits per heavy atom. The van der Waals surface area contributed by atoms with Crippen molar-refractivity contribution >= 4 is 23.3 Å². The lowest BCUT2D eigenvalue weighted by molar-refractivity contribution is -0.389. The monoisotopic (exact) mass is 218 g/mol. The van der Waals surface area contributed by atoms with Crippen LogP contribution >= 0.6 is 11.6 Å². The number of nitrogens with two attached hydrogens (primary N) is 1. The molecule has 2 N–H and O–H groups in total. The molecule has 14 heavy (non-hydrogen) atoms. The molecule has 0 aliphatic heterocycles. The van der Waals surface area contributed by atoms with E-state index in [2.05, 4.69) is 5.10 Å². The fourth-order valence-electron chi connectivity index (χ4n) is 0.812. The van der Waals surface area contributed by atoms with Gasteiger partial charge in [0.15, 0.2) is 5.02 Å². The van der Waals surface area contributed by atoms with Crippen LogP contribution in [0.1, 0.15) is 13.0 Å². The Balaban J connectivity index is 3.08. The Bertz CT molecular complexity index is 388. The minimum absolute atomic E-state index is 0.122. The molecule has 1 amide bonds. The third-order valence-corrected chi connectivity index (χ3v) is 1.92. The number of carbonyl (C=O) groups is 1. The van der Waals surface area contributed by atoms with Crippen molar-refractivity contribution in [3.63, 3.8) is 0 Å². The van der Waals surface area contributed by atoms with E-state index < -0.39 is 22.7 Å². The summed E-state index contributed by atoms with van der Waals surface area (Å²) in [7, 11) is 0. The van der Waals surface area contributed by atoms with Crippen molar-refractivity contribution in [1.29, 1.82) is 0 Å². The lowest BCUT2D eigenvalue weighted by Crippen LogP contribution is -2.24. The number of nitro groups is 1. The van der Waals surface area contributed by atoms with Gasteiger partial charge in [-0.05, 0) is 11.8 Å². The number of amides is 1. The number of primary amides is 1. The fourth-order valence-corrected chi connectivity index (χ4v) is 1.02. The zero-order chi connectivity index (χ0) is 10.9. The predicted octanol–water partition coefficient (Wildman–Crippen LogP) is 0.491. The van der Waals surface area contributed by atoms with Crippen LogP contribution in [0.25, 0.3) is 0 Å². The highest BCUT2D eigenvalue weighted by molar-refractivity contribution is 6.32.